The number of nitrogens with zero attached hydrogens (tertiary/aromatic N) is 3. The van der Waals surface area contributed by atoms with E-state index < -0.39 is 0 Å². The molecule has 0 aromatic carbocycles. The van der Waals surface area contributed by atoms with E-state index in [1.54, 1.807) is 13.2 Å². The van der Waals surface area contributed by atoms with Crippen molar-refractivity contribution >= 4 is 11.7 Å². The van der Waals surface area contributed by atoms with Gasteiger partial charge in [-0.15, -0.1) is 0 Å². The maximum atomic E-state index is 12.0. The summed E-state index contributed by atoms with van der Waals surface area (Å²) in [5.74, 6) is 0.849. The standard InChI is InChI=1S/C15H23N3O2/c1-17(10-11-19)15(20)13-6-7-14(16-12-13)18-8-4-2-3-5-9-18/h6-7,12,19H,2-5,8-11H2,1H3. The quantitative estimate of drug-likeness (QED) is 0.906. The molecule has 1 fully saturated rings. The Morgan fingerprint density at radius 3 is 2.55 bits per heavy atom. The van der Waals surface area contributed by atoms with Gasteiger partial charge in [0.05, 0.1) is 12.2 Å². The number of amides is 1. The first-order valence-electron chi connectivity index (χ1n) is 7.29. The first-order valence-corrected chi connectivity index (χ1v) is 7.29. The average Bonchev–Trinajstić information content (AvgIpc) is 2.76. The van der Waals surface area contributed by atoms with E-state index in [1.165, 1.54) is 30.6 Å². The number of rotatable bonds is 4. The number of aliphatic hydroxyl groups excluding tert-OH is 1. The maximum absolute atomic E-state index is 12.0. The molecule has 110 valence electrons. The van der Waals surface area contributed by atoms with Crippen LogP contribution in [0.4, 0.5) is 5.82 Å². The Balaban J connectivity index is 2.03. The molecule has 1 aliphatic heterocycles. The van der Waals surface area contributed by atoms with Gasteiger partial charge in [0, 0.05) is 32.9 Å². The van der Waals surface area contributed by atoms with Crippen LogP contribution in [0.5, 0.6) is 0 Å². The molecule has 0 atom stereocenters. The minimum absolute atomic E-state index is 0.0263. The van der Waals surface area contributed by atoms with Crippen LogP contribution < -0.4 is 4.90 Å². The van der Waals surface area contributed by atoms with Gasteiger partial charge in [-0.1, -0.05) is 12.8 Å². The first-order chi connectivity index (χ1) is 9.72. The average molecular weight is 277 g/mol. The normalized spacial score (nSPS) is 15.8. The summed E-state index contributed by atoms with van der Waals surface area (Å²) in [4.78, 5) is 20.3. The third-order valence-corrected chi connectivity index (χ3v) is 3.71. The topological polar surface area (TPSA) is 56.7 Å². The summed E-state index contributed by atoms with van der Waals surface area (Å²) in [6.45, 7) is 2.41. The minimum Gasteiger partial charge on any atom is -0.395 e. The Labute approximate surface area is 120 Å². The Morgan fingerprint density at radius 1 is 1.30 bits per heavy atom. The molecule has 5 heteroatoms. The zero-order valence-electron chi connectivity index (χ0n) is 12.1. The number of carbonyl (C=O) groups excluding carboxylic acids is 1. The lowest BCUT2D eigenvalue weighted by molar-refractivity contribution is 0.0766. The van der Waals surface area contributed by atoms with Crippen molar-refractivity contribution in [3.05, 3.63) is 23.9 Å². The number of pyridine rings is 1. The molecule has 0 spiro atoms. The number of carbonyl (C=O) groups is 1. The summed E-state index contributed by atoms with van der Waals surface area (Å²) >= 11 is 0. The van der Waals surface area contributed by atoms with Crippen molar-refractivity contribution in [1.29, 1.82) is 0 Å². The highest BCUT2D eigenvalue weighted by atomic mass is 16.3. The van der Waals surface area contributed by atoms with Crippen LogP contribution in [-0.4, -0.2) is 54.2 Å². The van der Waals surface area contributed by atoms with Crippen LogP contribution in [0.25, 0.3) is 0 Å². The van der Waals surface area contributed by atoms with Crippen LogP contribution in [0.3, 0.4) is 0 Å². The Morgan fingerprint density at radius 2 is 2.00 bits per heavy atom. The molecular weight excluding hydrogens is 254 g/mol. The lowest BCUT2D eigenvalue weighted by Gasteiger charge is -2.22. The smallest absolute Gasteiger partial charge is 0.255 e. The maximum Gasteiger partial charge on any atom is 0.255 e. The molecule has 1 amide bonds. The second kappa shape index (κ2) is 7.24. The van der Waals surface area contributed by atoms with Crippen molar-refractivity contribution in [2.24, 2.45) is 0 Å². The fourth-order valence-electron chi connectivity index (χ4n) is 2.47. The molecular formula is C15H23N3O2. The van der Waals surface area contributed by atoms with Crippen molar-refractivity contribution in [3.63, 3.8) is 0 Å². The van der Waals surface area contributed by atoms with E-state index in [4.69, 9.17) is 5.11 Å². The molecule has 0 aliphatic carbocycles. The van der Waals surface area contributed by atoms with Gasteiger partial charge in [0.2, 0.25) is 0 Å². The highest BCUT2D eigenvalue weighted by molar-refractivity contribution is 5.93. The van der Waals surface area contributed by atoms with Gasteiger partial charge >= 0.3 is 0 Å². The molecule has 1 N–H and O–H groups in total. The molecule has 0 radical (unpaired) electrons. The van der Waals surface area contributed by atoms with Gasteiger partial charge in [-0.25, -0.2) is 4.98 Å². The number of likely N-dealkylation sites (N-methyl/N-ethyl adjacent to an activating group) is 1. The zero-order chi connectivity index (χ0) is 14.4. The Kier molecular flexibility index (Phi) is 5.35. The molecule has 1 aliphatic rings. The second-order valence-electron chi connectivity index (χ2n) is 5.26. The first kappa shape index (κ1) is 14.8. The van der Waals surface area contributed by atoms with E-state index in [-0.39, 0.29) is 12.5 Å². The number of aromatic nitrogens is 1. The highest BCUT2D eigenvalue weighted by Gasteiger charge is 2.14. The number of hydrogen-bond donors (Lipinski definition) is 1. The van der Waals surface area contributed by atoms with E-state index in [0.29, 0.717) is 12.1 Å². The fraction of sp³-hybridized carbons (Fsp3) is 0.600. The molecule has 1 aromatic rings. The third-order valence-electron chi connectivity index (χ3n) is 3.71. The molecule has 2 heterocycles. The van der Waals surface area contributed by atoms with Gasteiger partial charge in [0.15, 0.2) is 0 Å². The molecule has 0 saturated carbocycles. The molecule has 1 saturated heterocycles. The summed E-state index contributed by atoms with van der Waals surface area (Å²) in [5, 5.41) is 8.86. The molecule has 0 unspecified atom stereocenters. The van der Waals surface area contributed by atoms with E-state index in [0.717, 1.165) is 18.9 Å². The fourth-order valence-corrected chi connectivity index (χ4v) is 2.47. The van der Waals surface area contributed by atoms with Crippen LogP contribution >= 0.6 is 0 Å². The predicted molar refractivity (Wildman–Crippen MR) is 79.0 cm³/mol. The SMILES string of the molecule is CN(CCO)C(=O)c1ccc(N2CCCCCC2)nc1. The van der Waals surface area contributed by atoms with Crippen LogP contribution in [0.15, 0.2) is 18.3 Å². The number of anilines is 1. The van der Waals surface area contributed by atoms with Crippen molar-refractivity contribution in [3.8, 4) is 0 Å². The van der Waals surface area contributed by atoms with Gasteiger partial charge < -0.3 is 14.9 Å². The van der Waals surface area contributed by atoms with Crippen molar-refractivity contribution in [1.82, 2.24) is 9.88 Å². The van der Waals surface area contributed by atoms with Crippen molar-refractivity contribution in [2.45, 2.75) is 25.7 Å². The van der Waals surface area contributed by atoms with E-state index in [9.17, 15) is 4.79 Å². The molecule has 2 rings (SSSR count). The van der Waals surface area contributed by atoms with Gasteiger partial charge in [-0.3, -0.25) is 4.79 Å². The largest absolute Gasteiger partial charge is 0.395 e. The van der Waals surface area contributed by atoms with Crippen molar-refractivity contribution < 1.29 is 9.90 Å². The van der Waals surface area contributed by atoms with Crippen LogP contribution in [0, 0.1) is 0 Å². The van der Waals surface area contributed by atoms with Crippen molar-refractivity contribution in [2.75, 3.05) is 38.2 Å². The third kappa shape index (κ3) is 3.70. The van der Waals surface area contributed by atoms with Gasteiger partial charge in [0.25, 0.3) is 5.91 Å². The van der Waals surface area contributed by atoms with Crippen LogP contribution in [-0.2, 0) is 0 Å². The monoisotopic (exact) mass is 277 g/mol. The van der Waals surface area contributed by atoms with Crippen LogP contribution in [0.1, 0.15) is 36.0 Å². The zero-order valence-corrected chi connectivity index (χ0v) is 12.1. The second-order valence-corrected chi connectivity index (χ2v) is 5.26. The highest BCUT2D eigenvalue weighted by Crippen LogP contribution is 2.17. The number of aliphatic hydroxyl groups is 1. The van der Waals surface area contributed by atoms with E-state index in [2.05, 4.69) is 9.88 Å². The van der Waals surface area contributed by atoms with Gasteiger partial charge in [-0.05, 0) is 25.0 Å². The van der Waals surface area contributed by atoms with Gasteiger partial charge in [0.1, 0.15) is 5.82 Å². The van der Waals surface area contributed by atoms with Crippen LogP contribution in [0.2, 0.25) is 0 Å². The Bertz CT molecular complexity index is 425. The lowest BCUT2D eigenvalue weighted by Crippen LogP contribution is -2.30. The van der Waals surface area contributed by atoms with E-state index in [1.807, 2.05) is 12.1 Å². The summed E-state index contributed by atoms with van der Waals surface area (Å²) < 4.78 is 0. The Hall–Kier alpha value is -1.62. The van der Waals surface area contributed by atoms with Gasteiger partial charge in [-0.2, -0.15) is 0 Å². The minimum atomic E-state index is -0.103. The molecule has 5 nitrogen and oxygen atoms in total. The summed E-state index contributed by atoms with van der Waals surface area (Å²) in [6.07, 6.45) is 6.64. The lowest BCUT2D eigenvalue weighted by atomic mass is 10.2. The summed E-state index contributed by atoms with van der Waals surface area (Å²) in [5.41, 5.74) is 0.569. The molecule has 20 heavy (non-hydrogen) atoms. The van der Waals surface area contributed by atoms with E-state index >= 15 is 0 Å². The molecule has 1 aromatic heterocycles. The summed E-state index contributed by atoms with van der Waals surface area (Å²) in [7, 11) is 1.68. The predicted octanol–water partition coefficient (Wildman–Crippen LogP) is 1.53. The summed E-state index contributed by atoms with van der Waals surface area (Å²) in [6, 6.07) is 3.74. The molecule has 0 bridgehead atoms. The number of hydrogen-bond acceptors (Lipinski definition) is 4.